The number of rotatable bonds is 3. The van der Waals surface area contributed by atoms with Gasteiger partial charge in [-0.05, 0) is 35.4 Å². The van der Waals surface area contributed by atoms with Gasteiger partial charge in [-0.2, -0.15) is 0 Å². The number of nitrogen functional groups attached to an aromatic ring is 1. The average Bonchev–Trinajstić information content (AvgIpc) is 2.77. The van der Waals surface area contributed by atoms with Gasteiger partial charge >= 0.3 is 0 Å². The predicted molar refractivity (Wildman–Crippen MR) is 71.7 cm³/mol. The molecule has 19 heavy (non-hydrogen) atoms. The molecule has 1 fully saturated rings. The maximum Gasteiger partial charge on any atom is 0.185 e. The lowest BCUT2D eigenvalue weighted by Crippen LogP contribution is -2.33. The Bertz CT molecular complexity index is 573. The molecule has 0 atom stereocenters. The zero-order chi connectivity index (χ0) is 13.4. The van der Waals surface area contributed by atoms with Crippen molar-refractivity contribution in [3.05, 3.63) is 23.2 Å². The number of ether oxygens (including phenoxy) is 1. The van der Waals surface area contributed by atoms with Gasteiger partial charge in [0.1, 0.15) is 0 Å². The van der Waals surface area contributed by atoms with Crippen molar-refractivity contribution in [2.24, 2.45) is 0 Å². The Morgan fingerprint density at radius 2 is 2.21 bits per heavy atom. The lowest BCUT2D eigenvalue weighted by molar-refractivity contribution is 0.00248. The predicted octanol–water partition coefficient (Wildman–Crippen LogP) is 1.93. The molecular formula is C12H14ClN5O. The lowest BCUT2D eigenvalue weighted by Gasteiger charge is -2.34. The van der Waals surface area contributed by atoms with E-state index in [2.05, 4.69) is 15.5 Å². The first-order chi connectivity index (χ1) is 9.20. The molecule has 7 heteroatoms. The van der Waals surface area contributed by atoms with E-state index in [4.69, 9.17) is 22.1 Å². The van der Waals surface area contributed by atoms with Crippen LogP contribution in [0.25, 0.3) is 11.4 Å². The normalized spacial score (nSPS) is 22.2. The SMILES string of the molecule is COC1CC(n2nnnc2-c2c(N)cccc2Cl)C1. The molecule has 0 radical (unpaired) electrons. The molecule has 100 valence electrons. The van der Waals surface area contributed by atoms with Crippen molar-refractivity contribution in [2.45, 2.75) is 25.0 Å². The van der Waals surface area contributed by atoms with Gasteiger partial charge in [-0.1, -0.05) is 17.7 Å². The fraction of sp³-hybridized carbons (Fsp3) is 0.417. The summed E-state index contributed by atoms with van der Waals surface area (Å²) in [4.78, 5) is 0. The van der Waals surface area contributed by atoms with E-state index >= 15 is 0 Å². The molecule has 2 N–H and O–H groups in total. The number of halogens is 1. The third-order valence-corrected chi connectivity index (χ3v) is 3.83. The summed E-state index contributed by atoms with van der Waals surface area (Å²) in [6, 6.07) is 5.62. The molecule has 1 aliphatic carbocycles. The summed E-state index contributed by atoms with van der Waals surface area (Å²) in [7, 11) is 1.72. The fourth-order valence-electron chi connectivity index (χ4n) is 2.31. The third-order valence-electron chi connectivity index (χ3n) is 3.51. The molecule has 6 nitrogen and oxygen atoms in total. The number of anilines is 1. The van der Waals surface area contributed by atoms with Gasteiger partial charge in [-0.3, -0.25) is 0 Å². The van der Waals surface area contributed by atoms with Gasteiger partial charge in [-0.15, -0.1) is 5.10 Å². The highest BCUT2D eigenvalue weighted by Gasteiger charge is 2.33. The lowest BCUT2D eigenvalue weighted by atomic mass is 9.89. The molecule has 1 saturated carbocycles. The number of benzene rings is 1. The Hall–Kier alpha value is -1.66. The van der Waals surface area contributed by atoms with E-state index in [9.17, 15) is 0 Å². The molecule has 0 spiro atoms. The van der Waals surface area contributed by atoms with Crippen LogP contribution in [0.4, 0.5) is 5.69 Å². The van der Waals surface area contributed by atoms with Gasteiger partial charge in [0.15, 0.2) is 5.82 Å². The smallest absolute Gasteiger partial charge is 0.185 e. The maximum atomic E-state index is 6.20. The maximum absolute atomic E-state index is 6.20. The number of hydrogen-bond donors (Lipinski definition) is 1. The van der Waals surface area contributed by atoms with Crippen molar-refractivity contribution in [3.63, 3.8) is 0 Å². The Morgan fingerprint density at radius 1 is 1.42 bits per heavy atom. The van der Waals surface area contributed by atoms with Gasteiger partial charge in [0.2, 0.25) is 0 Å². The summed E-state index contributed by atoms with van der Waals surface area (Å²) < 4.78 is 7.06. The van der Waals surface area contributed by atoms with Crippen molar-refractivity contribution in [1.29, 1.82) is 0 Å². The zero-order valence-electron chi connectivity index (χ0n) is 10.5. The summed E-state index contributed by atoms with van der Waals surface area (Å²) in [5.74, 6) is 0.614. The van der Waals surface area contributed by atoms with Gasteiger partial charge in [-0.25, -0.2) is 4.68 Å². The number of methoxy groups -OCH3 is 1. The van der Waals surface area contributed by atoms with Crippen LogP contribution < -0.4 is 5.73 Å². The number of tetrazole rings is 1. The topological polar surface area (TPSA) is 78.8 Å². The van der Waals surface area contributed by atoms with Gasteiger partial charge in [0.05, 0.1) is 22.7 Å². The Kier molecular flexibility index (Phi) is 3.12. The molecule has 0 amide bonds. The van der Waals surface area contributed by atoms with Crippen molar-refractivity contribution in [1.82, 2.24) is 20.2 Å². The molecular weight excluding hydrogens is 266 g/mol. The van der Waals surface area contributed by atoms with E-state index in [0.717, 1.165) is 12.8 Å². The summed E-state index contributed by atoms with van der Waals surface area (Å²) in [6.07, 6.45) is 2.09. The van der Waals surface area contributed by atoms with Crippen LogP contribution in [-0.2, 0) is 4.74 Å². The molecule has 1 aromatic carbocycles. The van der Waals surface area contributed by atoms with E-state index in [1.54, 1.807) is 30.0 Å². The van der Waals surface area contributed by atoms with E-state index in [0.29, 0.717) is 22.1 Å². The second-order valence-electron chi connectivity index (χ2n) is 4.63. The summed E-state index contributed by atoms with van der Waals surface area (Å²) >= 11 is 6.20. The molecule has 1 aliphatic rings. The Morgan fingerprint density at radius 3 is 2.89 bits per heavy atom. The standard InChI is InChI=1S/C12H14ClN5O/c1-19-8-5-7(6-8)18-12(15-16-17-18)11-9(13)3-2-4-10(11)14/h2-4,7-8H,5-6,14H2,1H3. The highest BCUT2D eigenvalue weighted by molar-refractivity contribution is 6.33. The van der Waals surface area contributed by atoms with E-state index < -0.39 is 0 Å². The monoisotopic (exact) mass is 279 g/mol. The highest BCUT2D eigenvalue weighted by atomic mass is 35.5. The van der Waals surface area contributed by atoms with Crippen molar-refractivity contribution >= 4 is 17.3 Å². The molecule has 0 unspecified atom stereocenters. The number of aromatic nitrogens is 4. The van der Waals surface area contributed by atoms with Crippen molar-refractivity contribution in [2.75, 3.05) is 12.8 Å². The number of nitrogens with two attached hydrogens (primary N) is 1. The van der Waals surface area contributed by atoms with Crippen LogP contribution in [0.5, 0.6) is 0 Å². The Balaban J connectivity index is 1.97. The minimum Gasteiger partial charge on any atom is -0.398 e. The van der Waals surface area contributed by atoms with Gasteiger partial charge in [0.25, 0.3) is 0 Å². The van der Waals surface area contributed by atoms with Crippen LogP contribution in [0.3, 0.4) is 0 Å². The van der Waals surface area contributed by atoms with E-state index in [-0.39, 0.29) is 12.1 Å². The third kappa shape index (κ3) is 2.06. The molecule has 0 bridgehead atoms. The minimum atomic E-state index is 0.241. The van der Waals surface area contributed by atoms with E-state index in [1.165, 1.54) is 0 Å². The molecule has 1 aromatic heterocycles. The summed E-state index contributed by atoms with van der Waals surface area (Å²) in [6.45, 7) is 0. The summed E-state index contributed by atoms with van der Waals surface area (Å²) in [5, 5.41) is 12.4. The van der Waals surface area contributed by atoms with Gasteiger partial charge in [0, 0.05) is 12.8 Å². The minimum absolute atomic E-state index is 0.241. The van der Waals surface area contributed by atoms with Crippen LogP contribution in [-0.4, -0.2) is 33.4 Å². The quantitative estimate of drug-likeness (QED) is 0.869. The first-order valence-corrected chi connectivity index (χ1v) is 6.43. The largest absolute Gasteiger partial charge is 0.398 e. The average molecular weight is 280 g/mol. The van der Waals surface area contributed by atoms with Gasteiger partial charge < -0.3 is 10.5 Å². The van der Waals surface area contributed by atoms with Crippen LogP contribution in [0, 0.1) is 0 Å². The van der Waals surface area contributed by atoms with Crippen LogP contribution in [0.15, 0.2) is 18.2 Å². The molecule has 0 saturated heterocycles. The number of nitrogens with zero attached hydrogens (tertiary/aromatic N) is 4. The van der Waals surface area contributed by atoms with Crippen LogP contribution in [0.1, 0.15) is 18.9 Å². The van der Waals surface area contributed by atoms with Crippen molar-refractivity contribution in [3.8, 4) is 11.4 Å². The van der Waals surface area contributed by atoms with Crippen molar-refractivity contribution < 1.29 is 4.74 Å². The molecule has 0 aliphatic heterocycles. The van der Waals surface area contributed by atoms with E-state index in [1.807, 2.05) is 0 Å². The first kappa shape index (κ1) is 12.4. The number of hydrogen-bond acceptors (Lipinski definition) is 5. The zero-order valence-corrected chi connectivity index (χ0v) is 11.2. The summed E-state index contributed by atoms with van der Waals surface area (Å²) in [5.41, 5.74) is 7.24. The molecule has 1 heterocycles. The molecule has 2 aromatic rings. The first-order valence-electron chi connectivity index (χ1n) is 6.05. The highest BCUT2D eigenvalue weighted by Crippen LogP contribution is 2.38. The van der Waals surface area contributed by atoms with Crippen LogP contribution >= 0.6 is 11.6 Å². The fourth-order valence-corrected chi connectivity index (χ4v) is 2.58. The van der Waals surface area contributed by atoms with Crippen LogP contribution in [0.2, 0.25) is 5.02 Å². The Labute approximate surface area is 115 Å². The second-order valence-corrected chi connectivity index (χ2v) is 5.04. The molecule has 3 rings (SSSR count). The second kappa shape index (κ2) is 4.79.